The van der Waals surface area contributed by atoms with Crippen LogP contribution in [0, 0.1) is 0 Å². The van der Waals surface area contributed by atoms with Gasteiger partial charge in [0.15, 0.2) is 10.2 Å². The number of thiocarbonyl (C=S) groups is 2. The van der Waals surface area contributed by atoms with Crippen LogP contribution < -0.4 is 21.3 Å². The van der Waals surface area contributed by atoms with Gasteiger partial charge in [-0.2, -0.15) is 13.2 Å². The van der Waals surface area contributed by atoms with E-state index in [1.807, 2.05) is 30.3 Å². The average Bonchev–Trinajstić information content (AvgIpc) is 2.96. The molecule has 0 radical (unpaired) electrons. The molecule has 15 heteroatoms. The van der Waals surface area contributed by atoms with E-state index < -0.39 is 23.9 Å². The van der Waals surface area contributed by atoms with Crippen molar-refractivity contribution in [3.63, 3.8) is 0 Å². The van der Waals surface area contributed by atoms with Crippen LogP contribution in [0.1, 0.15) is 42.7 Å². The predicted octanol–water partition coefficient (Wildman–Crippen LogP) is 8.83. The second-order valence-electron chi connectivity index (χ2n) is 9.70. The van der Waals surface area contributed by atoms with Gasteiger partial charge >= 0.3 is 6.18 Å². The molecule has 0 fully saturated rings. The smallest absolute Gasteiger partial charge is 0.418 e. The first-order chi connectivity index (χ1) is 21.6. The number of aromatic hydroxyl groups is 2. The minimum absolute atomic E-state index is 0.0605. The Kier molecular flexibility index (Phi) is 12.8. The lowest BCUT2D eigenvalue weighted by Gasteiger charge is -2.18. The fourth-order valence-electron chi connectivity index (χ4n) is 3.99. The van der Waals surface area contributed by atoms with Gasteiger partial charge in [0, 0.05) is 26.9 Å². The number of hydrogen-bond acceptors (Lipinski definition) is 6. The summed E-state index contributed by atoms with van der Waals surface area (Å²) in [5, 5.41) is 51.2. The molecule has 0 heterocycles. The lowest BCUT2D eigenvalue weighted by Crippen LogP contribution is -2.21. The maximum absolute atomic E-state index is 13.0. The number of hydrogen-bond donors (Lipinski definition) is 8. The Labute approximate surface area is 283 Å². The summed E-state index contributed by atoms with van der Waals surface area (Å²) < 4.78 is 39.0. The third kappa shape index (κ3) is 10.3. The molecule has 0 bridgehead atoms. The van der Waals surface area contributed by atoms with Gasteiger partial charge in [-0.15, -0.1) is 0 Å². The summed E-state index contributed by atoms with van der Waals surface area (Å²) in [4.78, 5) is 0. The second-order valence-corrected chi connectivity index (χ2v) is 11.4. The number of anilines is 4. The van der Waals surface area contributed by atoms with Crippen molar-refractivity contribution in [3.8, 4) is 11.5 Å². The monoisotopic (exact) mass is 712 g/mol. The van der Waals surface area contributed by atoms with Gasteiger partial charge in [0.05, 0.1) is 34.8 Å². The van der Waals surface area contributed by atoms with E-state index in [9.17, 15) is 33.6 Å². The second kappa shape index (κ2) is 16.1. The zero-order valence-electron chi connectivity index (χ0n) is 24.2. The van der Waals surface area contributed by atoms with Gasteiger partial charge in [0.1, 0.15) is 11.5 Å². The molecule has 0 spiro atoms. The number of nitrogens with one attached hydrogen (secondary N) is 4. The van der Waals surface area contributed by atoms with E-state index in [2.05, 4.69) is 21.3 Å². The largest absolute Gasteiger partial charge is 0.505 e. The van der Waals surface area contributed by atoms with Crippen molar-refractivity contribution in [2.45, 2.75) is 32.2 Å². The molecular formula is C31H29Cl2F3N4O4S2. The summed E-state index contributed by atoms with van der Waals surface area (Å²) in [5.74, 6) is -0.376. The number of aliphatic hydroxyl groups is 2. The Morgan fingerprint density at radius 3 is 1.52 bits per heavy atom. The molecule has 0 saturated heterocycles. The fourth-order valence-corrected chi connectivity index (χ4v) is 4.89. The van der Waals surface area contributed by atoms with Crippen LogP contribution in [0.3, 0.4) is 0 Å². The van der Waals surface area contributed by atoms with E-state index in [1.165, 1.54) is 43.3 Å². The van der Waals surface area contributed by atoms with Crippen molar-refractivity contribution in [1.82, 2.24) is 0 Å². The van der Waals surface area contributed by atoms with E-state index >= 15 is 0 Å². The number of rotatable bonds is 6. The minimum Gasteiger partial charge on any atom is -0.505 e. The number of para-hydroxylation sites is 2. The Bertz CT molecular complexity index is 1690. The Morgan fingerprint density at radius 1 is 0.652 bits per heavy atom. The van der Waals surface area contributed by atoms with Crippen LogP contribution in [0.15, 0.2) is 78.9 Å². The summed E-state index contributed by atoms with van der Waals surface area (Å²) >= 11 is 22.1. The van der Waals surface area contributed by atoms with Gasteiger partial charge in [-0.05, 0) is 86.8 Å². The van der Waals surface area contributed by atoms with Crippen LogP contribution >= 0.6 is 47.6 Å². The SMILES string of the molecule is CC(O)c1cc(Cl)cc(NC(=S)Nc2ccccc2)c1O.CC(O)c1cc(Cl)cc(NC(=S)Nc2ccccc2C(F)(F)F)c1O. The number of aliphatic hydroxyl groups excluding tert-OH is 2. The summed E-state index contributed by atoms with van der Waals surface area (Å²) in [5.41, 5.74) is 0.620. The number of phenols is 2. The van der Waals surface area contributed by atoms with Gasteiger partial charge in [-0.1, -0.05) is 53.5 Å². The van der Waals surface area contributed by atoms with Crippen molar-refractivity contribution < 1.29 is 33.6 Å². The molecule has 0 aliphatic carbocycles. The van der Waals surface area contributed by atoms with Gasteiger partial charge in [0.2, 0.25) is 0 Å². The number of phenolic OH excluding ortho intramolecular Hbond substituents is 2. The highest BCUT2D eigenvalue weighted by Gasteiger charge is 2.33. The molecule has 4 rings (SSSR count). The molecule has 2 unspecified atom stereocenters. The molecule has 8 N–H and O–H groups in total. The first kappa shape index (κ1) is 36.6. The van der Waals surface area contributed by atoms with Crippen LogP contribution in [-0.2, 0) is 6.18 Å². The molecule has 2 atom stereocenters. The lowest BCUT2D eigenvalue weighted by atomic mass is 10.1. The van der Waals surface area contributed by atoms with Crippen LogP contribution in [0.2, 0.25) is 10.0 Å². The third-order valence-electron chi connectivity index (χ3n) is 6.12. The molecule has 0 aromatic heterocycles. The van der Waals surface area contributed by atoms with E-state index in [4.69, 9.17) is 47.6 Å². The number of alkyl halides is 3. The highest BCUT2D eigenvalue weighted by molar-refractivity contribution is 7.81. The summed E-state index contributed by atoms with van der Waals surface area (Å²) in [6.45, 7) is 2.99. The molecular weight excluding hydrogens is 684 g/mol. The molecule has 0 amide bonds. The maximum atomic E-state index is 13.0. The topological polar surface area (TPSA) is 129 Å². The van der Waals surface area contributed by atoms with Crippen molar-refractivity contribution in [3.05, 3.63) is 106 Å². The standard InChI is InChI=1S/C16H14ClF3N2O2S.C15H15ClN2O2S/c1-8(23)10-6-9(17)7-13(14(10)24)22-15(25)21-12-5-3-2-4-11(12)16(18,19)20;1-9(19)12-7-10(16)8-13(14(12)20)18-15(21)17-11-5-3-2-4-6-11/h2-8,23-24H,1H3,(H2,21,22,25);2-9,19-20H,1H3,(H2,17,18,21). The van der Waals surface area contributed by atoms with E-state index in [0.717, 1.165) is 11.8 Å². The molecule has 244 valence electrons. The number of benzene rings is 4. The lowest BCUT2D eigenvalue weighted by molar-refractivity contribution is -0.136. The van der Waals surface area contributed by atoms with Crippen molar-refractivity contribution in [2.24, 2.45) is 0 Å². The predicted molar refractivity (Wildman–Crippen MR) is 185 cm³/mol. The summed E-state index contributed by atoms with van der Waals surface area (Å²) in [7, 11) is 0. The first-order valence-corrected chi connectivity index (χ1v) is 14.9. The van der Waals surface area contributed by atoms with Crippen LogP contribution in [-0.4, -0.2) is 30.7 Å². The fraction of sp³-hybridized carbons (Fsp3) is 0.161. The van der Waals surface area contributed by atoms with Crippen molar-refractivity contribution in [1.29, 1.82) is 0 Å². The van der Waals surface area contributed by atoms with E-state index in [0.29, 0.717) is 21.4 Å². The zero-order chi connectivity index (χ0) is 34.2. The Morgan fingerprint density at radius 2 is 1.07 bits per heavy atom. The van der Waals surface area contributed by atoms with Gasteiger partial charge < -0.3 is 41.7 Å². The van der Waals surface area contributed by atoms with Gasteiger partial charge in [-0.25, -0.2) is 0 Å². The molecule has 4 aromatic rings. The Hall–Kier alpha value is -3.85. The zero-order valence-corrected chi connectivity index (χ0v) is 27.3. The molecule has 0 aliphatic heterocycles. The van der Waals surface area contributed by atoms with Crippen LogP contribution in [0.5, 0.6) is 11.5 Å². The molecule has 0 saturated carbocycles. The van der Waals surface area contributed by atoms with Crippen LogP contribution in [0.4, 0.5) is 35.9 Å². The van der Waals surface area contributed by atoms with E-state index in [-0.39, 0.29) is 38.6 Å². The van der Waals surface area contributed by atoms with Crippen molar-refractivity contribution in [2.75, 3.05) is 21.3 Å². The van der Waals surface area contributed by atoms with E-state index in [1.54, 1.807) is 13.0 Å². The summed E-state index contributed by atoms with van der Waals surface area (Å²) in [6.07, 6.45) is -6.37. The van der Waals surface area contributed by atoms with Gasteiger partial charge in [0.25, 0.3) is 0 Å². The minimum atomic E-state index is -4.54. The average molecular weight is 714 g/mol. The highest BCUT2D eigenvalue weighted by Crippen LogP contribution is 2.37. The highest BCUT2D eigenvalue weighted by atomic mass is 35.5. The van der Waals surface area contributed by atoms with Gasteiger partial charge in [-0.3, -0.25) is 0 Å². The maximum Gasteiger partial charge on any atom is 0.418 e. The first-order valence-electron chi connectivity index (χ1n) is 13.3. The molecule has 0 aliphatic rings. The summed E-state index contributed by atoms with van der Waals surface area (Å²) in [6, 6.07) is 20.0. The normalized spacial score (nSPS) is 12.2. The molecule has 46 heavy (non-hydrogen) atoms. The van der Waals surface area contributed by atoms with Crippen molar-refractivity contribution >= 4 is 80.6 Å². The number of halogens is 5. The van der Waals surface area contributed by atoms with Crippen LogP contribution in [0.25, 0.3) is 0 Å². The molecule has 4 aromatic carbocycles. The quantitative estimate of drug-likeness (QED) is 0.0725. The Balaban J connectivity index is 0.000000254. The molecule has 8 nitrogen and oxygen atoms in total. The third-order valence-corrected chi connectivity index (χ3v) is 6.96.